The Morgan fingerprint density at radius 3 is 2.35 bits per heavy atom. The predicted octanol–water partition coefficient (Wildman–Crippen LogP) is 1.91. The van der Waals surface area contributed by atoms with Crippen molar-refractivity contribution in [2.45, 2.75) is 33.2 Å². The molecule has 1 aromatic carbocycles. The number of rotatable bonds is 2. The number of benzene rings is 1. The molecule has 1 aromatic rings. The highest BCUT2D eigenvalue weighted by Crippen LogP contribution is 2.28. The van der Waals surface area contributed by atoms with E-state index in [4.69, 9.17) is 0 Å². The molecule has 0 radical (unpaired) electrons. The Kier molecular flexibility index (Phi) is 3.59. The largest absolute Gasteiger partial charge is 0.337 e. The van der Waals surface area contributed by atoms with Gasteiger partial charge < -0.3 is 10.2 Å². The molecule has 1 aliphatic heterocycles. The smallest absolute Gasteiger partial charge is 0.253 e. The van der Waals surface area contributed by atoms with Gasteiger partial charge in [0, 0.05) is 6.54 Å². The lowest BCUT2D eigenvalue weighted by atomic mass is 9.87. The number of carbonyl (C=O) groups is 2. The minimum atomic E-state index is -0.970. The Balaban J connectivity index is 2.34. The van der Waals surface area contributed by atoms with Crippen LogP contribution >= 0.6 is 0 Å². The van der Waals surface area contributed by atoms with Gasteiger partial charge in [0.15, 0.2) is 0 Å². The van der Waals surface area contributed by atoms with Gasteiger partial charge in [-0.2, -0.15) is 0 Å². The summed E-state index contributed by atoms with van der Waals surface area (Å²) in [6, 6.07) is 9.40. The highest BCUT2D eigenvalue weighted by molar-refractivity contribution is 5.98. The molecule has 4 heteroatoms. The van der Waals surface area contributed by atoms with Gasteiger partial charge >= 0.3 is 0 Å². The Morgan fingerprint density at radius 2 is 1.80 bits per heavy atom. The molecule has 1 atom stereocenters. The molecule has 1 saturated heterocycles. The summed E-state index contributed by atoms with van der Waals surface area (Å²) in [5.74, 6) is -0.154. The van der Waals surface area contributed by atoms with Crippen molar-refractivity contribution < 1.29 is 9.59 Å². The van der Waals surface area contributed by atoms with E-state index in [1.54, 1.807) is 11.8 Å². The second-order valence-corrected chi connectivity index (χ2v) is 6.76. The zero-order valence-corrected chi connectivity index (χ0v) is 12.6. The minimum Gasteiger partial charge on any atom is -0.337 e. The molecule has 108 valence electrons. The fourth-order valence-corrected chi connectivity index (χ4v) is 2.60. The molecule has 20 heavy (non-hydrogen) atoms. The molecule has 2 amide bonds. The van der Waals surface area contributed by atoms with E-state index in [0.29, 0.717) is 6.54 Å². The molecule has 2 rings (SSSR count). The topological polar surface area (TPSA) is 49.4 Å². The quantitative estimate of drug-likeness (QED) is 0.895. The van der Waals surface area contributed by atoms with Crippen LogP contribution in [0.4, 0.5) is 0 Å². The second kappa shape index (κ2) is 4.93. The summed E-state index contributed by atoms with van der Waals surface area (Å²) in [5, 5.41) is 2.84. The minimum absolute atomic E-state index is 0.0368. The molecule has 0 bridgehead atoms. The number of nitrogens with zero attached hydrogens (tertiary/aromatic N) is 1. The van der Waals surface area contributed by atoms with E-state index in [0.717, 1.165) is 5.56 Å². The van der Waals surface area contributed by atoms with Crippen LogP contribution in [0.1, 0.15) is 33.3 Å². The first-order valence-corrected chi connectivity index (χ1v) is 6.88. The third kappa shape index (κ3) is 2.84. The van der Waals surface area contributed by atoms with E-state index in [9.17, 15) is 9.59 Å². The van der Waals surface area contributed by atoms with Crippen LogP contribution in [0, 0.1) is 5.41 Å². The first-order chi connectivity index (χ1) is 9.22. The van der Waals surface area contributed by atoms with Crippen LogP contribution in [0.25, 0.3) is 0 Å². The van der Waals surface area contributed by atoms with E-state index in [2.05, 4.69) is 26.1 Å². The first-order valence-electron chi connectivity index (χ1n) is 6.88. The van der Waals surface area contributed by atoms with Crippen molar-refractivity contribution in [2.75, 3.05) is 13.1 Å². The van der Waals surface area contributed by atoms with E-state index in [1.807, 2.05) is 30.3 Å². The lowest BCUT2D eigenvalue weighted by Crippen LogP contribution is -2.64. The summed E-state index contributed by atoms with van der Waals surface area (Å²) >= 11 is 0. The highest BCUT2D eigenvalue weighted by Gasteiger charge is 2.44. The number of hydrogen-bond donors (Lipinski definition) is 1. The van der Waals surface area contributed by atoms with E-state index < -0.39 is 5.54 Å². The zero-order chi connectivity index (χ0) is 15.0. The van der Waals surface area contributed by atoms with Gasteiger partial charge in [0.2, 0.25) is 5.91 Å². The Morgan fingerprint density at radius 1 is 1.20 bits per heavy atom. The fourth-order valence-electron chi connectivity index (χ4n) is 2.60. The third-order valence-corrected chi connectivity index (χ3v) is 3.46. The Bertz CT molecular complexity index is 519. The van der Waals surface area contributed by atoms with E-state index in [-0.39, 0.29) is 23.8 Å². The van der Waals surface area contributed by atoms with Gasteiger partial charge in [-0.05, 0) is 17.9 Å². The van der Waals surface area contributed by atoms with Crippen molar-refractivity contribution in [2.24, 2.45) is 5.41 Å². The standard InChI is InChI=1S/C16H22N2O2/c1-15(2,3)11-18-10-13(19)17-16(4,14(18)20)12-8-6-5-7-9-12/h5-9H,10-11H2,1-4H3,(H,17,19). The van der Waals surface area contributed by atoms with E-state index in [1.165, 1.54) is 0 Å². The summed E-state index contributed by atoms with van der Waals surface area (Å²) in [4.78, 5) is 26.4. The zero-order valence-electron chi connectivity index (χ0n) is 12.6. The lowest BCUT2D eigenvalue weighted by molar-refractivity contribution is -0.150. The number of hydrogen-bond acceptors (Lipinski definition) is 2. The van der Waals surface area contributed by atoms with Crippen LogP contribution in [-0.4, -0.2) is 29.8 Å². The monoisotopic (exact) mass is 274 g/mol. The van der Waals surface area contributed by atoms with Crippen LogP contribution in [0.3, 0.4) is 0 Å². The van der Waals surface area contributed by atoms with Gasteiger partial charge in [0.25, 0.3) is 5.91 Å². The molecule has 0 spiro atoms. The molecule has 4 nitrogen and oxygen atoms in total. The van der Waals surface area contributed by atoms with Gasteiger partial charge in [-0.25, -0.2) is 0 Å². The van der Waals surface area contributed by atoms with Crippen LogP contribution in [0.2, 0.25) is 0 Å². The number of nitrogens with one attached hydrogen (secondary N) is 1. The van der Waals surface area contributed by atoms with Gasteiger partial charge in [-0.3, -0.25) is 9.59 Å². The van der Waals surface area contributed by atoms with Crippen LogP contribution in [0.15, 0.2) is 30.3 Å². The summed E-state index contributed by atoms with van der Waals surface area (Å²) in [6.45, 7) is 8.67. The third-order valence-electron chi connectivity index (χ3n) is 3.46. The van der Waals surface area contributed by atoms with Crippen LogP contribution in [0.5, 0.6) is 0 Å². The normalized spacial score (nSPS) is 23.7. The fraction of sp³-hybridized carbons (Fsp3) is 0.500. The van der Waals surface area contributed by atoms with Crippen molar-refractivity contribution in [1.82, 2.24) is 10.2 Å². The molecular weight excluding hydrogens is 252 g/mol. The summed E-state index contributed by atoms with van der Waals surface area (Å²) in [7, 11) is 0. The number of amides is 2. The van der Waals surface area contributed by atoms with Crippen LogP contribution < -0.4 is 5.32 Å². The molecule has 1 aliphatic rings. The SMILES string of the molecule is CC(C)(C)CN1CC(=O)NC(C)(c2ccccc2)C1=O. The maximum absolute atomic E-state index is 12.8. The highest BCUT2D eigenvalue weighted by atomic mass is 16.2. The Labute approximate surface area is 120 Å². The number of piperazine rings is 1. The maximum Gasteiger partial charge on any atom is 0.253 e. The summed E-state index contributed by atoms with van der Waals surface area (Å²) < 4.78 is 0. The first kappa shape index (κ1) is 14.6. The molecule has 0 aromatic heterocycles. The lowest BCUT2D eigenvalue weighted by Gasteiger charge is -2.42. The molecular formula is C16H22N2O2. The molecule has 0 aliphatic carbocycles. The molecule has 1 N–H and O–H groups in total. The average molecular weight is 274 g/mol. The molecule has 1 unspecified atom stereocenters. The second-order valence-electron chi connectivity index (χ2n) is 6.76. The van der Waals surface area contributed by atoms with Crippen molar-refractivity contribution in [3.8, 4) is 0 Å². The predicted molar refractivity (Wildman–Crippen MR) is 78.0 cm³/mol. The summed E-state index contributed by atoms with van der Waals surface area (Å²) in [6.07, 6.45) is 0. The molecule has 1 heterocycles. The molecule has 1 fully saturated rings. The van der Waals surface area contributed by atoms with Crippen molar-refractivity contribution in [1.29, 1.82) is 0 Å². The average Bonchev–Trinajstić information content (AvgIpc) is 2.35. The van der Waals surface area contributed by atoms with Crippen molar-refractivity contribution >= 4 is 11.8 Å². The number of carbonyl (C=O) groups excluding carboxylic acids is 2. The van der Waals surface area contributed by atoms with Gasteiger partial charge in [0.1, 0.15) is 5.54 Å². The van der Waals surface area contributed by atoms with Gasteiger partial charge in [0.05, 0.1) is 6.54 Å². The Hall–Kier alpha value is -1.84. The van der Waals surface area contributed by atoms with Gasteiger partial charge in [-0.1, -0.05) is 51.1 Å². The van der Waals surface area contributed by atoms with Crippen LogP contribution in [-0.2, 0) is 15.1 Å². The molecule has 0 saturated carbocycles. The summed E-state index contributed by atoms with van der Waals surface area (Å²) in [5.41, 5.74) is -0.191. The van der Waals surface area contributed by atoms with E-state index >= 15 is 0 Å². The van der Waals surface area contributed by atoms with Crippen molar-refractivity contribution in [3.63, 3.8) is 0 Å². The van der Waals surface area contributed by atoms with Gasteiger partial charge in [-0.15, -0.1) is 0 Å². The maximum atomic E-state index is 12.8. The van der Waals surface area contributed by atoms with Crippen molar-refractivity contribution in [3.05, 3.63) is 35.9 Å².